The minimum atomic E-state index is -0.209. The highest BCUT2D eigenvalue weighted by Gasteiger charge is 2.12. The highest BCUT2D eigenvalue weighted by Crippen LogP contribution is 1.98. The third kappa shape index (κ3) is 4.49. The van der Waals surface area contributed by atoms with Crippen LogP contribution in [0.2, 0.25) is 0 Å². The maximum absolute atomic E-state index is 11.4. The van der Waals surface area contributed by atoms with Gasteiger partial charge in [-0.3, -0.25) is 4.68 Å². The predicted molar refractivity (Wildman–Crippen MR) is 58.3 cm³/mol. The van der Waals surface area contributed by atoms with Gasteiger partial charge in [0.15, 0.2) is 0 Å². The molecule has 84 valence electrons. The first-order valence-corrected chi connectivity index (χ1v) is 4.90. The van der Waals surface area contributed by atoms with Gasteiger partial charge in [0.05, 0.1) is 6.20 Å². The minimum absolute atomic E-state index is 0.161. The van der Waals surface area contributed by atoms with E-state index >= 15 is 0 Å². The van der Waals surface area contributed by atoms with Crippen LogP contribution < -0.4 is 10.6 Å². The molecule has 2 amide bonds. The highest BCUT2D eigenvalue weighted by atomic mass is 16.2. The Kier molecular flexibility index (Phi) is 3.34. The Morgan fingerprint density at radius 1 is 1.53 bits per heavy atom. The monoisotopic (exact) mass is 210 g/mol. The first-order valence-electron chi connectivity index (χ1n) is 4.90. The summed E-state index contributed by atoms with van der Waals surface area (Å²) in [5, 5.41) is 9.60. The molecule has 0 bridgehead atoms. The SMILES string of the molecule is Cn1cc(CNC(=O)NC(C)(C)C)cn1. The van der Waals surface area contributed by atoms with Crippen LogP contribution in [-0.4, -0.2) is 21.4 Å². The van der Waals surface area contributed by atoms with Gasteiger partial charge in [0.1, 0.15) is 0 Å². The Labute approximate surface area is 89.9 Å². The maximum atomic E-state index is 11.4. The van der Waals surface area contributed by atoms with Crippen LogP contribution in [-0.2, 0) is 13.6 Å². The standard InChI is InChI=1S/C10H18N4O/c1-10(2,3)13-9(15)11-5-8-6-12-14(4)7-8/h6-7H,5H2,1-4H3,(H2,11,13,15). The van der Waals surface area contributed by atoms with Crippen LogP contribution in [0.3, 0.4) is 0 Å². The highest BCUT2D eigenvalue weighted by molar-refractivity contribution is 5.74. The van der Waals surface area contributed by atoms with Crippen molar-refractivity contribution in [2.75, 3.05) is 0 Å². The second-order valence-corrected chi connectivity index (χ2v) is 4.58. The van der Waals surface area contributed by atoms with Crippen molar-refractivity contribution in [3.63, 3.8) is 0 Å². The second-order valence-electron chi connectivity index (χ2n) is 4.58. The Morgan fingerprint density at radius 3 is 2.67 bits per heavy atom. The number of rotatable bonds is 2. The smallest absolute Gasteiger partial charge is 0.315 e. The number of hydrogen-bond acceptors (Lipinski definition) is 2. The second kappa shape index (κ2) is 4.33. The summed E-state index contributed by atoms with van der Waals surface area (Å²) < 4.78 is 1.71. The van der Waals surface area contributed by atoms with Gasteiger partial charge in [-0.2, -0.15) is 5.10 Å². The van der Waals surface area contributed by atoms with Crippen molar-refractivity contribution in [2.24, 2.45) is 7.05 Å². The van der Waals surface area contributed by atoms with Crippen molar-refractivity contribution in [1.82, 2.24) is 20.4 Å². The number of aryl methyl sites for hydroxylation is 1. The first kappa shape index (κ1) is 11.6. The van der Waals surface area contributed by atoms with E-state index in [2.05, 4.69) is 15.7 Å². The topological polar surface area (TPSA) is 59.0 Å². The molecule has 5 nitrogen and oxygen atoms in total. The van der Waals surface area contributed by atoms with E-state index in [1.807, 2.05) is 34.0 Å². The zero-order valence-corrected chi connectivity index (χ0v) is 9.66. The number of hydrogen-bond donors (Lipinski definition) is 2. The number of aromatic nitrogens is 2. The normalized spacial score (nSPS) is 11.2. The summed E-state index contributed by atoms with van der Waals surface area (Å²) >= 11 is 0. The summed E-state index contributed by atoms with van der Waals surface area (Å²) in [5.41, 5.74) is 0.778. The first-order chi connectivity index (χ1) is 6.87. The van der Waals surface area contributed by atoms with E-state index in [-0.39, 0.29) is 11.6 Å². The third-order valence-electron chi connectivity index (χ3n) is 1.70. The Hall–Kier alpha value is -1.52. The van der Waals surface area contributed by atoms with Crippen LogP contribution >= 0.6 is 0 Å². The van der Waals surface area contributed by atoms with Crippen molar-refractivity contribution >= 4 is 6.03 Å². The van der Waals surface area contributed by atoms with E-state index in [1.165, 1.54) is 0 Å². The maximum Gasteiger partial charge on any atom is 0.315 e. The lowest BCUT2D eigenvalue weighted by atomic mass is 10.1. The van der Waals surface area contributed by atoms with Crippen LogP contribution in [0.4, 0.5) is 4.79 Å². The van der Waals surface area contributed by atoms with Crippen molar-refractivity contribution in [3.8, 4) is 0 Å². The molecule has 0 aromatic carbocycles. The molecule has 1 aromatic rings. The van der Waals surface area contributed by atoms with Crippen molar-refractivity contribution in [3.05, 3.63) is 18.0 Å². The van der Waals surface area contributed by atoms with Gasteiger partial charge >= 0.3 is 6.03 Å². The number of nitrogens with one attached hydrogen (secondary N) is 2. The van der Waals surface area contributed by atoms with Gasteiger partial charge in [-0.25, -0.2) is 4.79 Å². The molecule has 0 spiro atoms. The molecule has 0 aliphatic rings. The van der Waals surface area contributed by atoms with Gasteiger partial charge in [0, 0.05) is 30.9 Å². The fourth-order valence-corrected chi connectivity index (χ4v) is 1.13. The lowest BCUT2D eigenvalue weighted by Gasteiger charge is -2.20. The molecule has 0 fully saturated rings. The molecular weight excluding hydrogens is 192 g/mol. The quantitative estimate of drug-likeness (QED) is 0.765. The van der Waals surface area contributed by atoms with Gasteiger partial charge in [-0.05, 0) is 20.8 Å². The molecule has 5 heteroatoms. The largest absolute Gasteiger partial charge is 0.334 e. The zero-order valence-electron chi connectivity index (χ0n) is 9.66. The fraction of sp³-hybridized carbons (Fsp3) is 0.600. The molecule has 0 aliphatic heterocycles. The lowest BCUT2D eigenvalue weighted by molar-refractivity contribution is 0.231. The molecule has 0 atom stereocenters. The van der Waals surface area contributed by atoms with Crippen molar-refractivity contribution in [2.45, 2.75) is 32.9 Å². The van der Waals surface area contributed by atoms with Crippen LogP contribution in [0.5, 0.6) is 0 Å². The number of carbonyl (C=O) groups is 1. The van der Waals surface area contributed by atoms with E-state index in [9.17, 15) is 4.79 Å². The molecule has 0 radical (unpaired) electrons. The van der Waals surface area contributed by atoms with Gasteiger partial charge in [-0.15, -0.1) is 0 Å². The summed E-state index contributed by atoms with van der Waals surface area (Å²) in [6.07, 6.45) is 3.61. The summed E-state index contributed by atoms with van der Waals surface area (Å²) in [7, 11) is 1.85. The van der Waals surface area contributed by atoms with Gasteiger partial charge < -0.3 is 10.6 Å². The fourth-order valence-electron chi connectivity index (χ4n) is 1.13. The summed E-state index contributed by atoms with van der Waals surface area (Å²) in [6, 6.07) is -0.161. The number of carbonyl (C=O) groups excluding carboxylic acids is 1. The number of amides is 2. The van der Waals surface area contributed by atoms with Gasteiger partial charge in [0.2, 0.25) is 0 Å². The van der Waals surface area contributed by atoms with E-state index in [4.69, 9.17) is 0 Å². The summed E-state index contributed by atoms with van der Waals surface area (Å²) in [4.78, 5) is 11.4. The molecule has 2 N–H and O–H groups in total. The third-order valence-corrected chi connectivity index (χ3v) is 1.70. The molecular formula is C10H18N4O. The zero-order chi connectivity index (χ0) is 11.5. The Bertz CT molecular complexity index is 337. The average molecular weight is 210 g/mol. The molecule has 0 saturated heterocycles. The molecule has 1 rings (SSSR count). The minimum Gasteiger partial charge on any atom is -0.334 e. The molecule has 0 aliphatic carbocycles. The number of nitrogens with zero attached hydrogens (tertiary/aromatic N) is 2. The molecule has 1 aromatic heterocycles. The summed E-state index contributed by atoms with van der Waals surface area (Å²) in [6.45, 7) is 6.32. The number of urea groups is 1. The lowest BCUT2D eigenvalue weighted by Crippen LogP contribution is -2.46. The van der Waals surface area contributed by atoms with Crippen molar-refractivity contribution in [1.29, 1.82) is 0 Å². The van der Waals surface area contributed by atoms with Crippen LogP contribution in [0.1, 0.15) is 26.3 Å². The average Bonchev–Trinajstić information content (AvgIpc) is 2.45. The van der Waals surface area contributed by atoms with E-state index in [1.54, 1.807) is 10.9 Å². The summed E-state index contributed by atoms with van der Waals surface area (Å²) in [5.74, 6) is 0. The predicted octanol–water partition coefficient (Wildman–Crippen LogP) is 1.02. The van der Waals surface area contributed by atoms with E-state index in [0.29, 0.717) is 6.54 Å². The molecule has 15 heavy (non-hydrogen) atoms. The molecule has 0 unspecified atom stereocenters. The van der Waals surface area contributed by atoms with Gasteiger partial charge in [-0.1, -0.05) is 0 Å². The Morgan fingerprint density at radius 2 is 2.20 bits per heavy atom. The van der Waals surface area contributed by atoms with Crippen molar-refractivity contribution < 1.29 is 4.79 Å². The Balaban J connectivity index is 2.35. The van der Waals surface area contributed by atoms with Crippen LogP contribution in [0.25, 0.3) is 0 Å². The van der Waals surface area contributed by atoms with Crippen LogP contribution in [0.15, 0.2) is 12.4 Å². The molecule has 0 saturated carbocycles. The van der Waals surface area contributed by atoms with Crippen LogP contribution in [0, 0.1) is 0 Å². The van der Waals surface area contributed by atoms with Gasteiger partial charge in [0.25, 0.3) is 0 Å². The van der Waals surface area contributed by atoms with E-state index in [0.717, 1.165) is 5.56 Å². The molecule has 1 heterocycles. The van der Waals surface area contributed by atoms with E-state index < -0.39 is 0 Å².